The van der Waals surface area contributed by atoms with Gasteiger partial charge in [-0.1, -0.05) is 158 Å². The van der Waals surface area contributed by atoms with Gasteiger partial charge in [-0.3, -0.25) is 13.8 Å². The summed E-state index contributed by atoms with van der Waals surface area (Å²) >= 11 is 0. The molecule has 3 atom stereocenters. The number of unbranched alkanes of at least 4 members (excludes halogenated alkanes) is 19. The Labute approximate surface area is 345 Å². The number of aliphatic hydroxyl groups excluding tert-OH is 1. The largest absolute Gasteiger partial charge is 0.472 e. The molecule has 326 valence electrons. The normalized spacial score (nSPS) is 14.9. The molecule has 3 N–H and O–H groups in total. The number of rotatable bonds is 40. The van der Waals surface area contributed by atoms with E-state index in [2.05, 4.69) is 67.8 Å². The van der Waals surface area contributed by atoms with E-state index in [1.54, 1.807) is 6.08 Å². The van der Waals surface area contributed by atoms with Crippen LogP contribution in [0.3, 0.4) is 0 Å². The molecule has 8 nitrogen and oxygen atoms in total. The lowest BCUT2D eigenvalue weighted by atomic mass is 10.1. The highest BCUT2D eigenvalue weighted by atomic mass is 31.2. The fourth-order valence-electron chi connectivity index (χ4n) is 6.04. The minimum atomic E-state index is -4.35. The highest BCUT2D eigenvalue weighted by Crippen LogP contribution is 2.43. The first-order chi connectivity index (χ1) is 27.0. The first-order valence-corrected chi connectivity index (χ1v) is 24.2. The van der Waals surface area contributed by atoms with Gasteiger partial charge in [0.2, 0.25) is 5.91 Å². The van der Waals surface area contributed by atoms with Crippen LogP contribution in [-0.2, 0) is 18.4 Å². The van der Waals surface area contributed by atoms with E-state index in [0.29, 0.717) is 17.4 Å². The number of amides is 1. The Balaban J connectivity index is 4.47. The van der Waals surface area contributed by atoms with Crippen LogP contribution in [0.5, 0.6) is 0 Å². The number of allylic oxidation sites excluding steroid dienone is 9. The van der Waals surface area contributed by atoms with E-state index in [1.165, 1.54) is 109 Å². The Bertz CT molecular complexity index is 1100. The van der Waals surface area contributed by atoms with Crippen molar-refractivity contribution >= 4 is 13.7 Å². The first kappa shape index (κ1) is 54.2. The smallest absolute Gasteiger partial charge is 0.387 e. The standard InChI is InChI=1S/C47H87N2O6P/c1-6-8-10-12-14-16-18-20-22-23-24-25-27-29-31-33-35-37-39-41-47(51)48-45(44-55-56(52,53)54-43-42-49(3,4)5)46(50)40-38-36-34-32-30-28-26-21-19-17-15-13-11-9-7-2/h14,16,19-22,30,32,38,40,45-46,50H,6-13,15,17-18,23-29,31,33-37,39,41-44H2,1-5H3,(H-,48,51,52,53)/p+1/b16-14-,21-19+,22-20-,32-30+,40-38+. The molecule has 0 saturated heterocycles. The van der Waals surface area contributed by atoms with Crippen LogP contribution in [0.25, 0.3) is 0 Å². The minimum absolute atomic E-state index is 0.0505. The molecular weight excluding hydrogens is 719 g/mol. The number of quaternary nitrogens is 1. The Morgan fingerprint density at radius 3 is 1.57 bits per heavy atom. The monoisotopic (exact) mass is 808 g/mol. The van der Waals surface area contributed by atoms with Crippen molar-refractivity contribution in [3.8, 4) is 0 Å². The lowest BCUT2D eigenvalue weighted by Gasteiger charge is -2.25. The molecular formula is C47H88N2O6P+. The molecule has 0 aromatic carbocycles. The number of aliphatic hydroxyl groups is 1. The SMILES string of the molecule is CCCCC/C=C\C/C=C\CCCCCCCCCCCC(=O)NC(COP(=O)(O)OCC[N+](C)(C)C)C(O)/C=C/CC/C=C/CC/C=C/CCCCCCC. The summed E-state index contributed by atoms with van der Waals surface area (Å²) in [5, 5.41) is 13.8. The van der Waals surface area contributed by atoms with Crippen LogP contribution in [0.1, 0.15) is 181 Å². The van der Waals surface area contributed by atoms with Crippen LogP contribution in [0.4, 0.5) is 0 Å². The zero-order chi connectivity index (χ0) is 41.4. The second kappa shape index (κ2) is 38.7. The lowest BCUT2D eigenvalue weighted by molar-refractivity contribution is -0.870. The van der Waals surface area contributed by atoms with Crippen molar-refractivity contribution in [3.63, 3.8) is 0 Å². The average Bonchev–Trinajstić information content (AvgIpc) is 3.15. The Morgan fingerprint density at radius 1 is 0.607 bits per heavy atom. The molecule has 9 heteroatoms. The summed E-state index contributed by atoms with van der Waals surface area (Å²) in [6.45, 7) is 4.73. The zero-order valence-electron chi connectivity index (χ0n) is 36.9. The van der Waals surface area contributed by atoms with Crippen LogP contribution in [-0.4, -0.2) is 73.4 Å². The third kappa shape index (κ3) is 40.4. The van der Waals surface area contributed by atoms with Crippen molar-refractivity contribution in [1.82, 2.24) is 5.32 Å². The summed E-state index contributed by atoms with van der Waals surface area (Å²) in [5.41, 5.74) is 0. The summed E-state index contributed by atoms with van der Waals surface area (Å²) in [4.78, 5) is 23.1. The van der Waals surface area contributed by atoms with Crippen LogP contribution in [0.2, 0.25) is 0 Å². The molecule has 0 heterocycles. The number of likely N-dealkylation sites (N-methyl/N-ethyl adjacent to an activating group) is 1. The van der Waals surface area contributed by atoms with Crippen molar-refractivity contribution < 1.29 is 32.9 Å². The third-order valence-corrected chi connectivity index (χ3v) is 10.7. The van der Waals surface area contributed by atoms with Gasteiger partial charge in [-0.2, -0.15) is 0 Å². The van der Waals surface area contributed by atoms with Crippen LogP contribution < -0.4 is 5.32 Å². The Hall–Kier alpha value is -1.80. The number of nitrogens with zero attached hydrogens (tertiary/aromatic N) is 1. The van der Waals surface area contributed by atoms with E-state index >= 15 is 0 Å². The van der Waals surface area contributed by atoms with Crippen molar-refractivity contribution in [2.45, 2.75) is 193 Å². The van der Waals surface area contributed by atoms with Crippen molar-refractivity contribution in [2.24, 2.45) is 0 Å². The van der Waals surface area contributed by atoms with E-state index in [4.69, 9.17) is 9.05 Å². The second-order valence-electron chi connectivity index (χ2n) is 16.4. The summed E-state index contributed by atoms with van der Waals surface area (Å²) in [6.07, 6.45) is 50.0. The van der Waals surface area contributed by atoms with Gasteiger partial charge < -0.3 is 19.8 Å². The first-order valence-electron chi connectivity index (χ1n) is 22.7. The molecule has 1 amide bonds. The lowest BCUT2D eigenvalue weighted by Crippen LogP contribution is -2.45. The number of phosphoric ester groups is 1. The van der Waals surface area contributed by atoms with E-state index in [0.717, 1.165) is 51.4 Å². The summed E-state index contributed by atoms with van der Waals surface area (Å²) in [5.74, 6) is -0.199. The average molecular weight is 808 g/mol. The minimum Gasteiger partial charge on any atom is -0.387 e. The number of hydrogen-bond donors (Lipinski definition) is 3. The summed E-state index contributed by atoms with van der Waals surface area (Å²) in [7, 11) is 1.53. The van der Waals surface area contributed by atoms with Gasteiger partial charge in [0.05, 0.1) is 39.9 Å². The van der Waals surface area contributed by atoms with E-state index in [1.807, 2.05) is 27.2 Å². The van der Waals surface area contributed by atoms with E-state index in [9.17, 15) is 19.4 Å². The predicted octanol–water partition coefficient (Wildman–Crippen LogP) is 12.6. The predicted molar refractivity (Wildman–Crippen MR) is 240 cm³/mol. The maximum absolute atomic E-state index is 12.9. The number of hydrogen-bond acceptors (Lipinski definition) is 5. The van der Waals surface area contributed by atoms with Crippen molar-refractivity contribution in [1.29, 1.82) is 0 Å². The second-order valence-corrected chi connectivity index (χ2v) is 17.9. The molecule has 56 heavy (non-hydrogen) atoms. The van der Waals surface area contributed by atoms with Gasteiger partial charge in [0.15, 0.2) is 0 Å². The van der Waals surface area contributed by atoms with Gasteiger partial charge in [-0.25, -0.2) is 4.57 Å². The highest BCUT2D eigenvalue weighted by Gasteiger charge is 2.27. The van der Waals surface area contributed by atoms with Crippen LogP contribution in [0, 0.1) is 0 Å². The van der Waals surface area contributed by atoms with Gasteiger partial charge in [-0.05, 0) is 77.0 Å². The molecule has 3 unspecified atom stereocenters. The van der Waals surface area contributed by atoms with Gasteiger partial charge in [0, 0.05) is 6.42 Å². The molecule has 0 aliphatic heterocycles. The van der Waals surface area contributed by atoms with E-state index < -0.39 is 20.0 Å². The molecule has 0 fully saturated rings. The van der Waals surface area contributed by atoms with Crippen LogP contribution >= 0.6 is 7.82 Å². The molecule has 0 rings (SSSR count). The van der Waals surface area contributed by atoms with Crippen molar-refractivity contribution in [3.05, 3.63) is 60.8 Å². The molecule has 0 bridgehead atoms. The molecule has 0 aliphatic rings. The summed E-state index contributed by atoms with van der Waals surface area (Å²) in [6, 6.07) is -0.872. The number of carbonyl (C=O) groups excluding carboxylic acids is 1. The van der Waals surface area contributed by atoms with Gasteiger partial charge in [0.25, 0.3) is 0 Å². The molecule has 0 aromatic heterocycles. The van der Waals surface area contributed by atoms with Gasteiger partial charge in [-0.15, -0.1) is 0 Å². The van der Waals surface area contributed by atoms with E-state index in [-0.39, 0.29) is 19.1 Å². The number of carbonyl (C=O) groups is 1. The molecule has 0 aromatic rings. The summed E-state index contributed by atoms with van der Waals surface area (Å²) < 4.78 is 23.5. The molecule has 0 spiro atoms. The Morgan fingerprint density at radius 2 is 1.04 bits per heavy atom. The molecule has 0 aliphatic carbocycles. The topological polar surface area (TPSA) is 105 Å². The number of phosphoric acid groups is 1. The molecule has 0 radical (unpaired) electrons. The fourth-order valence-corrected chi connectivity index (χ4v) is 6.78. The fraction of sp³-hybridized carbons (Fsp3) is 0.766. The molecule has 0 saturated carbocycles. The zero-order valence-corrected chi connectivity index (χ0v) is 37.8. The van der Waals surface area contributed by atoms with Crippen molar-refractivity contribution in [2.75, 3.05) is 40.9 Å². The van der Waals surface area contributed by atoms with Gasteiger partial charge in [0.1, 0.15) is 13.2 Å². The quantitative estimate of drug-likeness (QED) is 0.0246. The number of nitrogens with one attached hydrogen (secondary N) is 1. The maximum atomic E-state index is 12.9. The van der Waals surface area contributed by atoms with Gasteiger partial charge >= 0.3 is 7.82 Å². The third-order valence-electron chi connectivity index (χ3n) is 9.69. The maximum Gasteiger partial charge on any atom is 0.472 e. The van der Waals surface area contributed by atoms with Crippen LogP contribution in [0.15, 0.2) is 60.8 Å². The Kier molecular flexibility index (Phi) is 37.5. The highest BCUT2D eigenvalue weighted by molar-refractivity contribution is 7.47.